The fourth-order valence-electron chi connectivity index (χ4n) is 6.16. The lowest BCUT2D eigenvalue weighted by Gasteiger charge is -2.33. The Hall–Kier alpha value is -3.77. The molecule has 0 bridgehead atoms. The largest absolute Gasteiger partial charge is 0.497 e. The number of fused-ring (bicyclic) bond motifs is 1. The third-order valence-corrected chi connectivity index (χ3v) is 8.44. The zero-order valence-electron chi connectivity index (χ0n) is 24.6. The van der Waals surface area contributed by atoms with Crippen LogP contribution in [0.4, 0.5) is 0 Å². The van der Waals surface area contributed by atoms with Crippen LogP contribution in [0, 0.1) is 0 Å². The van der Waals surface area contributed by atoms with Crippen LogP contribution >= 0.6 is 0 Å². The molecule has 1 aromatic heterocycles. The fourth-order valence-corrected chi connectivity index (χ4v) is 6.16. The van der Waals surface area contributed by atoms with Crippen molar-refractivity contribution in [3.63, 3.8) is 0 Å². The van der Waals surface area contributed by atoms with Gasteiger partial charge in [-0.25, -0.2) is 0 Å². The van der Waals surface area contributed by atoms with Gasteiger partial charge in [0.05, 0.1) is 14.2 Å². The summed E-state index contributed by atoms with van der Waals surface area (Å²) in [6, 6.07) is 25.5. The third-order valence-electron chi connectivity index (χ3n) is 8.44. The van der Waals surface area contributed by atoms with Crippen molar-refractivity contribution in [2.75, 3.05) is 33.9 Å². The van der Waals surface area contributed by atoms with Gasteiger partial charge in [0.25, 0.3) is 0 Å². The number of hydrogen-bond acceptors (Lipinski definition) is 4. The van der Waals surface area contributed by atoms with E-state index >= 15 is 0 Å². The van der Waals surface area contributed by atoms with Crippen LogP contribution in [0.3, 0.4) is 0 Å². The topological polar surface area (TPSA) is 55.7 Å². The minimum absolute atomic E-state index is 0.0587. The van der Waals surface area contributed by atoms with Gasteiger partial charge in [0, 0.05) is 61.2 Å². The Morgan fingerprint density at radius 3 is 2.44 bits per heavy atom. The maximum Gasteiger partial charge on any atom is 0.220 e. The minimum atomic E-state index is -0.164. The summed E-state index contributed by atoms with van der Waals surface area (Å²) in [5.41, 5.74) is 4.52. The van der Waals surface area contributed by atoms with Crippen LogP contribution in [0.15, 0.2) is 79.0 Å². The molecule has 1 N–H and O–H groups in total. The highest BCUT2D eigenvalue weighted by molar-refractivity contribution is 5.87. The molecule has 6 nitrogen and oxygen atoms in total. The normalized spacial score (nSPS) is 16.4. The lowest BCUT2D eigenvalue weighted by molar-refractivity contribution is -0.121. The molecule has 41 heavy (non-hydrogen) atoms. The van der Waals surface area contributed by atoms with Crippen LogP contribution in [-0.2, 0) is 11.3 Å². The van der Waals surface area contributed by atoms with E-state index in [1.54, 1.807) is 14.2 Å². The van der Waals surface area contributed by atoms with Gasteiger partial charge in [-0.3, -0.25) is 4.79 Å². The summed E-state index contributed by atoms with van der Waals surface area (Å²) in [4.78, 5) is 16.0. The van der Waals surface area contributed by atoms with Gasteiger partial charge in [0.15, 0.2) is 0 Å². The molecule has 0 aliphatic carbocycles. The molecule has 1 aliphatic heterocycles. The Morgan fingerprint density at radius 1 is 0.976 bits per heavy atom. The number of hydrogen-bond donors (Lipinski definition) is 1. The molecule has 1 amide bonds. The number of likely N-dealkylation sites (tertiary alicyclic amines) is 1. The second kappa shape index (κ2) is 13.7. The lowest BCUT2D eigenvalue weighted by Crippen LogP contribution is -2.39. The van der Waals surface area contributed by atoms with Crippen molar-refractivity contribution in [3.8, 4) is 11.5 Å². The van der Waals surface area contributed by atoms with Crippen molar-refractivity contribution >= 4 is 16.8 Å². The third kappa shape index (κ3) is 7.12. The first kappa shape index (κ1) is 28.7. The summed E-state index contributed by atoms with van der Waals surface area (Å²) in [5, 5.41) is 4.38. The SMILES string of the molecule is COc1cc(OC)cc(C(CC(=O)NCCCN2CCCCC2C)c2cn(Cc3ccccc3)c3ccccc23)c1. The number of aromatic nitrogens is 1. The molecule has 6 heteroatoms. The van der Waals surface area contributed by atoms with E-state index in [4.69, 9.17) is 9.47 Å². The first-order chi connectivity index (χ1) is 20.1. The van der Waals surface area contributed by atoms with Gasteiger partial charge < -0.3 is 24.3 Å². The number of carbonyl (C=O) groups is 1. The van der Waals surface area contributed by atoms with Crippen molar-refractivity contribution in [1.82, 2.24) is 14.8 Å². The minimum Gasteiger partial charge on any atom is -0.497 e. The number of rotatable bonds is 12. The number of piperidine rings is 1. The van der Waals surface area contributed by atoms with Crippen LogP contribution < -0.4 is 14.8 Å². The molecule has 3 aromatic carbocycles. The highest BCUT2D eigenvalue weighted by atomic mass is 16.5. The van der Waals surface area contributed by atoms with Crippen LogP contribution in [-0.4, -0.2) is 55.3 Å². The number of nitrogens with zero attached hydrogens (tertiary/aromatic N) is 2. The van der Waals surface area contributed by atoms with E-state index in [-0.39, 0.29) is 11.8 Å². The number of ether oxygens (including phenoxy) is 2. The molecule has 1 aliphatic rings. The molecule has 2 heterocycles. The molecule has 1 fully saturated rings. The number of benzene rings is 3. The van der Waals surface area contributed by atoms with Crippen molar-refractivity contribution in [2.45, 2.75) is 57.5 Å². The van der Waals surface area contributed by atoms with E-state index in [0.717, 1.165) is 41.5 Å². The molecule has 2 unspecified atom stereocenters. The van der Waals surface area contributed by atoms with Crippen LogP contribution in [0.1, 0.15) is 61.6 Å². The Bertz CT molecular complexity index is 1410. The average molecular weight is 554 g/mol. The summed E-state index contributed by atoms with van der Waals surface area (Å²) >= 11 is 0. The van der Waals surface area contributed by atoms with Gasteiger partial charge in [0.2, 0.25) is 5.91 Å². The monoisotopic (exact) mass is 553 g/mol. The van der Waals surface area contributed by atoms with Crippen LogP contribution in [0.2, 0.25) is 0 Å². The Morgan fingerprint density at radius 2 is 1.71 bits per heavy atom. The molecule has 2 atom stereocenters. The maximum atomic E-state index is 13.5. The molecule has 4 aromatic rings. The highest BCUT2D eigenvalue weighted by Crippen LogP contribution is 2.38. The van der Waals surface area contributed by atoms with Crippen LogP contribution in [0.5, 0.6) is 11.5 Å². The molecule has 0 saturated carbocycles. The van der Waals surface area contributed by atoms with Gasteiger partial charge in [-0.1, -0.05) is 55.0 Å². The van der Waals surface area contributed by atoms with E-state index in [9.17, 15) is 4.79 Å². The second-order valence-electron chi connectivity index (χ2n) is 11.2. The number of para-hydroxylation sites is 1. The molecule has 1 saturated heterocycles. The first-order valence-corrected chi connectivity index (χ1v) is 14.9. The molecule has 0 spiro atoms. The zero-order valence-corrected chi connectivity index (χ0v) is 24.6. The predicted molar refractivity (Wildman–Crippen MR) is 166 cm³/mol. The molecule has 0 radical (unpaired) electrons. The number of amides is 1. The molecule has 5 rings (SSSR count). The smallest absolute Gasteiger partial charge is 0.220 e. The van der Waals surface area contributed by atoms with E-state index in [0.29, 0.717) is 30.5 Å². The highest BCUT2D eigenvalue weighted by Gasteiger charge is 2.24. The number of methoxy groups -OCH3 is 2. The lowest BCUT2D eigenvalue weighted by atomic mass is 9.87. The standard InChI is InChI=1S/C35H43N3O3/c1-26-12-9-10-18-37(26)19-11-17-36-35(39)23-32(28-20-29(40-2)22-30(21-28)41-3)33-25-38(24-27-13-5-4-6-14-27)34-16-8-7-15-31(33)34/h4-8,13-16,20-22,25-26,32H,9-12,17-19,23-24H2,1-3H3,(H,36,39). The van der Waals surface area contributed by atoms with Gasteiger partial charge in [0.1, 0.15) is 11.5 Å². The van der Waals surface area contributed by atoms with Gasteiger partial charge in [-0.15, -0.1) is 0 Å². The summed E-state index contributed by atoms with van der Waals surface area (Å²) in [6.45, 7) is 5.97. The summed E-state index contributed by atoms with van der Waals surface area (Å²) in [6.07, 6.45) is 7.40. The second-order valence-corrected chi connectivity index (χ2v) is 11.2. The van der Waals surface area contributed by atoms with E-state index < -0.39 is 0 Å². The van der Waals surface area contributed by atoms with E-state index in [1.165, 1.54) is 31.4 Å². The first-order valence-electron chi connectivity index (χ1n) is 14.9. The van der Waals surface area contributed by atoms with Gasteiger partial charge >= 0.3 is 0 Å². The quantitative estimate of drug-likeness (QED) is 0.201. The Kier molecular flexibility index (Phi) is 9.63. The van der Waals surface area contributed by atoms with Crippen LogP contribution in [0.25, 0.3) is 10.9 Å². The Balaban J connectivity index is 1.41. The van der Waals surface area contributed by atoms with Crippen molar-refractivity contribution in [2.24, 2.45) is 0 Å². The number of carbonyl (C=O) groups excluding carboxylic acids is 1. The van der Waals surface area contributed by atoms with Crippen molar-refractivity contribution < 1.29 is 14.3 Å². The van der Waals surface area contributed by atoms with E-state index in [2.05, 4.69) is 76.4 Å². The summed E-state index contributed by atoms with van der Waals surface area (Å²) < 4.78 is 13.5. The van der Waals surface area contributed by atoms with Gasteiger partial charge in [-0.2, -0.15) is 0 Å². The predicted octanol–water partition coefficient (Wildman–Crippen LogP) is 6.61. The average Bonchev–Trinajstić information content (AvgIpc) is 3.37. The van der Waals surface area contributed by atoms with Crippen molar-refractivity contribution in [3.05, 3.63) is 95.7 Å². The molecule has 216 valence electrons. The number of nitrogens with one attached hydrogen (secondary N) is 1. The maximum absolute atomic E-state index is 13.5. The fraction of sp³-hybridized carbons (Fsp3) is 0.400. The van der Waals surface area contributed by atoms with E-state index in [1.807, 2.05) is 24.3 Å². The van der Waals surface area contributed by atoms with Crippen molar-refractivity contribution in [1.29, 1.82) is 0 Å². The summed E-state index contributed by atoms with van der Waals surface area (Å²) in [7, 11) is 3.32. The molecular weight excluding hydrogens is 510 g/mol. The Labute approximate surface area is 244 Å². The molecular formula is C35H43N3O3. The zero-order chi connectivity index (χ0) is 28.6. The van der Waals surface area contributed by atoms with Gasteiger partial charge in [-0.05, 0) is 67.6 Å². The summed E-state index contributed by atoms with van der Waals surface area (Å²) in [5.74, 6) is 1.33.